The predicted octanol–water partition coefficient (Wildman–Crippen LogP) is 1.82. The molecule has 6 N–H and O–H groups in total. The molecule has 3 aromatic carbocycles. The fourth-order valence-electron chi connectivity index (χ4n) is 4.24. The number of nitrogens with one attached hydrogen (secondary N) is 4. The summed E-state index contributed by atoms with van der Waals surface area (Å²) >= 11 is 0. The number of hydrogen-bond acceptors (Lipinski definition) is 5. The number of rotatable bonds is 6. The van der Waals surface area contributed by atoms with Crippen molar-refractivity contribution in [2.45, 2.75) is 6.54 Å². The van der Waals surface area contributed by atoms with Crippen LogP contribution in [0.5, 0.6) is 0 Å². The van der Waals surface area contributed by atoms with Crippen LogP contribution in [-0.2, 0) is 6.54 Å². The minimum atomic E-state index is -0.530. The molecule has 2 heterocycles. The van der Waals surface area contributed by atoms with Gasteiger partial charge in [-0.2, -0.15) is 0 Å². The summed E-state index contributed by atoms with van der Waals surface area (Å²) in [6.07, 6.45) is 0. The van der Waals surface area contributed by atoms with Crippen molar-refractivity contribution in [2.24, 2.45) is 5.73 Å². The molecule has 170 valence electrons. The normalized spacial score (nSPS) is 12.6. The first-order valence-electron chi connectivity index (χ1n) is 10.8. The van der Waals surface area contributed by atoms with Crippen molar-refractivity contribution in [1.29, 1.82) is 0 Å². The molecule has 0 radical (unpaired) electrons. The maximum absolute atomic E-state index is 13.2. The maximum Gasteiger partial charge on any atom is 0.259 e. The number of aromatic nitrogens is 1. The second kappa shape index (κ2) is 8.45. The Morgan fingerprint density at radius 3 is 2.56 bits per heavy atom. The molecule has 4 amide bonds. The molecular formula is C25H21N5O4. The molecule has 0 atom stereocenters. The lowest BCUT2D eigenvalue weighted by Gasteiger charge is -2.10. The summed E-state index contributed by atoms with van der Waals surface area (Å²) in [5.74, 6) is -1.67. The first-order valence-corrected chi connectivity index (χ1v) is 10.8. The molecule has 9 heteroatoms. The van der Waals surface area contributed by atoms with Gasteiger partial charge in [0.2, 0.25) is 0 Å². The summed E-state index contributed by atoms with van der Waals surface area (Å²) in [5, 5.41) is 9.17. The largest absolute Gasteiger partial charge is 0.354 e. The first-order chi connectivity index (χ1) is 16.5. The number of imide groups is 1. The zero-order valence-electron chi connectivity index (χ0n) is 18.0. The summed E-state index contributed by atoms with van der Waals surface area (Å²) < 4.78 is 0. The highest BCUT2D eigenvalue weighted by atomic mass is 16.2. The number of carbonyl (C=O) groups excluding carboxylic acids is 4. The maximum atomic E-state index is 13.2. The topological polar surface area (TPSA) is 146 Å². The van der Waals surface area contributed by atoms with Gasteiger partial charge in [0.1, 0.15) is 0 Å². The van der Waals surface area contributed by atoms with Crippen molar-refractivity contribution in [3.8, 4) is 0 Å². The van der Waals surface area contributed by atoms with E-state index in [1.165, 1.54) is 6.07 Å². The zero-order chi connectivity index (χ0) is 23.8. The molecule has 0 bridgehead atoms. The first kappa shape index (κ1) is 21.4. The van der Waals surface area contributed by atoms with Crippen LogP contribution in [0.25, 0.3) is 21.8 Å². The van der Waals surface area contributed by atoms with E-state index < -0.39 is 17.7 Å². The van der Waals surface area contributed by atoms with Gasteiger partial charge in [0.15, 0.2) is 0 Å². The third kappa shape index (κ3) is 3.57. The van der Waals surface area contributed by atoms with Crippen LogP contribution >= 0.6 is 0 Å². The van der Waals surface area contributed by atoms with Gasteiger partial charge in [-0.25, -0.2) is 0 Å². The van der Waals surface area contributed by atoms with Crippen molar-refractivity contribution >= 4 is 45.4 Å². The smallest absolute Gasteiger partial charge is 0.259 e. The molecule has 0 saturated carbocycles. The highest BCUT2D eigenvalue weighted by Crippen LogP contribution is 2.35. The lowest BCUT2D eigenvalue weighted by Crippen LogP contribution is -2.29. The molecule has 9 nitrogen and oxygen atoms in total. The van der Waals surface area contributed by atoms with Crippen LogP contribution in [0.15, 0.2) is 54.6 Å². The molecule has 0 fully saturated rings. The lowest BCUT2D eigenvalue weighted by molar-refractivity contribution is 0.0877. The summed E-state index contributed by atoms with van der Waals surface area (Å²) in [7, 11) is 0. The van der Waals surface area contributed by atoms with Crippen molar-refractivity contribution in [3.63, 3.8) is 0 Å². The highest BCUT2D eigenvalue weighted by molar-refractivity contribution is 6.32. The number of amides is 4. The van der Waals surface area contributed by atoms with Crippen molar-refractivity contribution in [1.82, 2.24) is 20.9 Å². The minimum absolute atomic E-state index is 0.167. The fourth-order valence-corrected chi connectivity index (χ4v) is 4.24. The Hall–Kier alpha value is -4.50. The molecule has 5 rings (SSSR count). The van der Waals surface area contributed by atoms with Gasteiger partial charge in [0.05, 0.1) is 22.2 Å². The molecule has 4 aromatic rings. The highest BCUT2D eigenvalue weighted by Gasteiger charge is 2.32. The van der Waals surface area contributed by atoms with Crippen molar-refractivity contribution < 1.29 is 19.2 Å². The van der Waals surface area contributed by atoms with Crippen LogP contribution in [0.4, 0.5) is 0 Å². The van der Waals surface area contributed by atoms with Crippen LogP contribution in [0, 0.1) is 0 Å². The average Bonchev–Trinajstić information content (AvgIpc) is 3.37. The van der Waals surface area contributed by atoms with Crippen molar-refractivity contribution in [3.05, 3.63) is 82.4 Å². The quantitative estimate of drug-likeness (QED) is 0.282. The van der Waals surface area contributed by atoms with Crippen LogP contribution in [0.2, 0.25) is 0 Å². The number of nitrogens with two attached hydrogens (primary N) is 1. The molecule has 34 heavy (non-hydrogen) atoms. The van der Waals surface area contributed by atoms with Gasteiger partial charge in [-0.05, 0) is 29.8 Å². The van der Waals surface area contributed by atoms with Crippen LogP contribution in [0.3, 0.4) is 0 Å². The zero-order valence-corrected chi connectivity index (χ0v) is 18.0. The summed E-state index contributed by atoms with van der Waals surface area (Å²) in [6, 6.07) is 15.7. The van der Waals surface area contributed by atoms with Crippen LogP contribution < -0.4 is 21.7 Å². The van der Waals surface area contributed by atoms with E-state index in [4.69, 9.17) is 5.73 Å². The Morgan fingerprint density at radius 2 is 1.74 bits per heavy atom. The molecule has 0 aliphatic carbocycles. The second-order valence-electron chi connectivity index (χ2n) is 7.98. The Kier molecular flexibility index (Phi) is 5.31. The van der Waals surface area contributed by atoms with E-state index in [0.717, 1.165) is 16.5 Å². The Morgan fingerprint density at radius 1 is 0.912 bits per heavy atom. The number of carbonyl (C=O) groups is 4. The SMILES string of the molecule is NCCNC(=O)c1cccc(CNC(=O)c2cc3c(c4c2[nH]c2ccccc24)C(=O)NC3=O)c1. The van der Waals surface area contributed by atoms with E-state index in [-0.39, 0.29) is 29.1 Å². The van der Waals surface area contributed by atoms with E-state index in [0.29, 0.717) is 29.6 Å². The van der Waals surface area contributed by atoms with Gasteiger partial charge in [0.25, 0.3) is 23.6 Å². The number of hydrogen-bond donors (Lipinski definition) is 5. The van der Waals surface area contributed by atoms with Gasteiger partial charge >= 0.3 is 0 Å². The average molecular weight is 455 g/mol. The number of fused-ring (bicyclic) bond motifs is 5. The van der Waals surface area contributed by atoms with Gasteiger partial charge < -0.3 is 21.4 Å². The number of para-hydroxylation sites is 1. The van der Waals surface area contributed by atoms with Gasteiger partial charge in [-0.15, -0.1) is 0 Å². The van der Waals surface area contributed by atoms with Crippen LogP contribution in [-0.4, -0.2) is 41.7 Å². The standard InChI is InChI=1S/C25H21N5O4/c26-8-9-27-22(31)14-5-3-4-13(10-14)12-28-23(32)17-11-16-20(25(34)30-24(16)33)19-15-6-1-2-7-18(15)29-21(17)19/h1-7,10-11,29H,8-9,12,26H2,(H,27,31)(H,28,32)(H,30,33,34). The Balaban J connectivity index is 1.49. The molecule has 0 saturated heterocycles. The van der Waals surface area contributed by atoms with Crippen LogP contribution in [0.1, 0.15) is 47.0 Å². The summed E-state index contributed by atoms with van der Waals surface area (Å²) in [5.41, 5.74) is 8.56. The van der Waals surface area contributed by atoms with Crippen molar-refractivity contribution in [2.75, 3.05) is 13.1 Å². The van der Waals surface area contributed by atoms with E-state index in [2.05, 4.69) is 20.9 Å². The minimum Gasteiger partial charge on any atom is -0.354 e. The van der Waals surface area contributed by atoms with Gasteiger partial charge in [-0.3, -0.25) is 24.5 Å². The molecule has 0 spiro atoms. The molecule has 1 aliphatic heterocycles. The van der Waals surface area contributed by atoms with E-state index in [1.807, 2.05) is 24.3 Å². The third-order valence-electron chi connectivity index (χ3n) is 5.80. The van der Waals surface area contributed by atoms with E-state index in [9.17, 15) is 19.2 Å². The summed E-state index contributed by atoms with van der Waals surface area (Å²) in [4.78, 5) is 53.5. The number of aromatic amines is 1. The van der Waals surface area contributed by atoms with E-state index in [1.54, 1.807) is 24.3 Å². The predicted molar refractivity (Wildman–Crippen MR) is 127 cm³/mol. The lowest BCUT2D eigenvalue weighted by atomic mass is 9.98. The summed E-state index contributed by atoms with van der Waals surface area (Å²) in [6.45, 7) is 0.879. The molecule has 1 aromatic heterocycles. The number of benzene rings is 3. The van der Waals surface area contributed by atoms with Gasteiger partial charge in [-0.1, -0.05) is 30.3 Å². The van der Waals surface area contributed by atoms with Gasteiger partial charge in [0, 0.05) is 41.5 Å². The van der Waals surface area contributed by atoms with E-state index >= 15 is 0 Å². The Bertz CT molecular complexity index is 1500. The molecular weight excluding hydrogens is 434 g/mol. The molecule has 1 aliphatic rings. The molecule has 0 unspecified atom stereocenters. The monoisotopic (exact) mass is 455 g/mol. The number of H-pyrrole nitrogens is 1. The Labute approximate surface area is 193 Å². The second-order valence-corrected chi connectivity index (χ2v) is 7.98. The third-order valence-corrected chi connectivity index (χ3v) is 5.80. The fraction of sp³-hybridized carbons (Fsp3) is 0.120.